The van der Waals surface area contributed by atoms with Crippen molar-refractivity contribution in [3.8, 4) is 0 Å². The van der Waals surface area contributed by atoms with Crippen LogP contribution in [0, 0.1) is 13.8 Å². The highest BCUT2D eigenvalue weighted by Gasteiger charge is 2.20. The zero-order chi connectivity index (χ0) is 24.0. The fraction of sp³-hybridized carbons (Fsp3) is 0.250. The maximum Gasteiger partial charge on any atom is 0.251 e. The van der Waals surface area contributed by atoms with E-state index >= 15 is 0 Å². The average Bonchev–Trinajstić information content (AvgIpc) is 3.18. The number of hydrogen-bond donors (Lipinski definition) is 2. The van der Waals surface area contributed by atoms with Gasteiger partial charge in [0.1, 0.15) is 0 Å². The normalized spacial score (nSPS) is 11.6. The first-order valence-electron chi connectivity index (χ1n) is 10.4. The van der Waals surface area contributed by atoms with Gasteiger partial charge in [-0.25, -0.2) is 0 Å². The SMILES string of the molecule is C=CCn1c(SCC(=O)Nc2cccc(C)c2C)nnc1C(C)NC(=O)c1cccc(Cl)c1. The molecular weight excluding hydrogens is 458 g/mol. The molecule has 172 valence electrons. The summed E-state index contributed by atoms with van der Waals surface area (Å²) in [6, 6.07) is 12.1. The van der Waals surface area contributed by atoms with Crippen molar-refractivity contribution in [1.29, 1.82) is 0 Å². The lowest BCUT2D eigenvalue weighted by molar-refractivity contribution is -0.113. The van der Waals surface area contributed by atoms with Crippen molar-refractivity contribution in [1.82, 2.24) is 20.1 Å². The van der Waals surface area contributed by atoms with Crippen molar-refractivity contribution in [3.63, 3.8) is 0 Å². The summed E-state index contributed by atoms with van der Waals surface area (Å²) in [6.45, 7) is 10.1. The van der Waals surface area contributed by atoms with E-state index in [1.54, 1.807) is 30.3 Å². The Labute approximate surface area is 202 Å². The highest BCUT2D eigenvalue weighted by atomic mass is 35.5. The number of hydrogen-bond acceptors (Lipinski definition) is 5. The van der Waals surface area contributed by atoms with Crippen molar-refractivity contribution in [3.05, 3.63) is 82.7 Å². The first-order chi connectivity index (χ1) is 15.8. The Bertz CT molecular complexity index is 1180. The van der Waals surface area contributed by atoms with Crippen LogP contribution >= 0.6 is 23.4 Å². The second kappa shape index (κ2) is 11.2. The number of nitrogens with one attached hydrogen (secondary N) is 2. The summed E-state index contributed by atoms with van der Waals surface area (Å²) in [5, 5.41) is 15.4. The molecule has 0 fully saturated rings. The molecule has 9 heteroatoms. The third kappa shape index (κ3) is 6.24. The van der Waals surface area contributed by atoms with Crippen molar-refractivity contribution in [2.75, 3.05) is 11.1 Å². The van der Waals surface area contributed by atoms with Crippen LogP contribution in [0.5, 0.6) is 0 Å². The number of halogens is 1. The minimum absolute atomic E-state index is 0.134. The van der Waals surface area contributed by atoms with Crippen LogP contribution < -0.4 is 10.6 Å². The molecule has 0 radical (unpaired) electrons. The quantitative estimate of drug-likeness (QED) is 0.332. The Morgan fingerprint density at radius 3 is 2.70 bits per heavy atom. The van der Waals surface area contributed by atoms with Crippen molar-refractivity contribution in [2.45, 2.75) is 38.5 Å². The van der Waals surface area contributed by atoms with Gasteiger partial charge in [-0.1, -0.05) is 47.6 Å². The molecule has 2 aromatic carbocycles. The standard InChI is InChI=1S/C24H26ClN5O2S/c1-5-12-30-22(17(4)26-23(32)18-9-7-10-19(25)13-18)28-29-24(30)33-14-21(31)27-20-11-6-8-15(2)16(20)3/h5-11,13,17H,1,12,14H2,2-4H3,(H,26,32)(H,27,31). The van der Waals surface area contributed by atoms with Crippen LogP contribution in [0.15, 0.2) is 60.3 Å². The second-order valence-electron chi connectivity index (χ2n) is 7.53. The van der Waals surface area contributed by atoms with E-state index in [4.69, 9.17) is 11.6 Å². The lowest BCUT2D eigenvalue weighted by Crippen LogP contribution is -2.28. The Morgan fingerprint density at radius 1 is 1.21 bits per heavy atom. The predicted octanol–water partition coefficient (Wildman–Crippen LogP) is 4.96. The van der Waals surface area contributed by atoms with Crippen LogP contribution in [-0.4, -0.2) is 32.3 Å². The molecule has 0 saturated carbocycles. The first-order valence-corrected chi connectivity index (χ1v) is 11.8. The van der Waals surface area contributed by atoms with Gasteiger partial charge in [-0.3, -0.25) is 9.59 Å². The second-order valence-corrected chi connectivity index (χ2v) is 8.91. The molecule has 0 bridgehead atoms. The molecule has 3 aromatic rings. The summed E-state index contributed by atoms with van der Waals surface area (Å²) >= 11 is 7.27. The van der Waals surface area contributed by atoms with Gasteiger partial charge in [0.25, 0.3) is 5.91 Å². The number of carbonyl (C=O) groups excluding carboxylic acids is 2. The molecule has 2 N–H and O–H groups in total. The molecule has 7 nitrogen and oxygen atoms in total. The Hall–Kier alpha value is -3.10. The van der Waals surface area contributed by atoms with Crippen molar-refractivity contribution >= 4 is 40.9 Å². The van der Waals surface area contributed by atoms with E-state index in [1.807, 2.05) is 43.5 Å². The number of carbonyl (C=O) groups is 2. The Kier molecular flexibility index (Phi) is 8.30. The van der Waals surface area contributed by atoms with Gasteiger partial charge >= 0.3 is 0 Å². The predicted molar refractivity (Wildman–Crippen MR) is 133 cm³/mol. The van der Waals surface area contributed by atoms with Gasteiger partial charge in [0.05, 0.1) is 11.8 Å². The molecular formula is C24H26ClN5O2S. The van der Waals surface area contributed by atoms with Gasteiger partial charge in [-0.05, 0) is 56.2 Å². The zero-order valence-electron chi connectivity index (χ0n) is 18.8. The van der Waals surface area contributed by atoms with Gasteiger partial charge in [0.15, 0.2) is 11.0 Å². The summed E-state index contributed by atoms with van der Waals surface area (Å²) in [7, 11) is 0. The maximum absolute atomic E-state index is 12.6. The van der Waals surface area contributed by atoms with Gasteiger partial charge in [0, 0.05) is 22.8 Å². The van der Waals surface area contributed by atoms with E-state index in [-0.39, 0.29) is 17.6 Å². The minimum atomic E-state index is -0.415. The van der Waals surface area contributed by atoms with Crippen LogP contribution in [0.1, 0.15) is 40.3 Å². The number of anilines is 1. The highest BCUT2D eigenvalue weighted by molar-refractivity contribution is 7.99. The smallest absolute Gasteiger partial charge is 0.251 e. The third-order valence-electron chi connectivity index (χ3n) is 5.09. The van der Waals surface area contributed by atoms with E-state index in [9.17, 15) is 9.59 Å². The average molecular weight is 484 g/mol. The maximum atomic E-state index is 12.6. The minimum Gasteiger partial charge on any atom is -0.342 e. The van der Waals surface area contributed by atoms with E-state index < -0.39 is 6.04 Å². The third-order valence-corrected chi connectivity index (χ3v) is 6.29. The molecule has 1 unspecified atom stereocenters. The van der Waals surface area contributed by atoms with Gasteiger partial charge < -0.3 is 15.2 Å². The van der Waals surface area contributed by atoms with E-state index in [0.29, 0.717) is 28.1 Å². The molecule has 0 aliphatic heterocycles. The molecule has 0 saturated heterocycles. The van der Waals surface area contributed by atoms with E-state index in [2.05, 4.69) is 27.4 Å². The molecule has 33 heavy (non-hydrogen) atoms. The summed E-state index contributed by atoms with van der Waals surface area (Å²) in [4.78, 5) is 25.1. The van der Waals surface area contributed by atoms with E-state index in [1.165, 1.54) is 11.8 Å². The molecule has 1 heterocycles. The molecule has 1 atom stereocenters. The van der Waals surface area contributed by atoms with Crippen molar-refractivity contribution < 1.29 is 9.59 Å². The number of benzene rings is 2. The molecule has 0 aliphatic carbocycles. The molecule has 3 rings (SSSR count). The molecule has 2 amide bonds. The first kappa shape index (κ1) is 24.5. The number of amides is 2. The highest BCUT2D eigenvalue weighted by Crippen LogP contribution is 2.23. The molecule has 1 aromatic heterocycles. The summed E-state index contributed by atoms with van der Waals surface area (Å²) in [5.74, 6) is 0.347. The van der Waals surface area contributed by atoms with Crippen LogP contribution in [0.25, 0.3) is 0 Å². The van der Waals surface area contributed by atoms with Crippen molar-refractivity contribution in [2.24, 2.45) is 0 Å². The topological polar surface area (TPSA) is 88.9 Å². The van der Waals surface area contributed by atoms with Crippen LogP contribution in [0.2, 0.25) is 5.02 Å². The van der Waals surface area contributed by atoms with Crippen LogP contribution in [0.4, 0.5) is 5.69 Å². The number of nitrogens with zero attached hydrogens (tertiary/aromatic N) is 3. The number of allylic oxidation sites excluding steroid dienone is 1. The van der Waals surface area contributed by atoms with Gasteiger partial charge in [0.2, 0.25) is 5.91 Å². The summed E-state index contributed by atoms with van der Waals surface area (Å²) in [5.41, 5.74) is 3.41. The fourth-order valence-corrected chi connectivity index (χ4v) is 4.15. The monoisotopic (exact) mass is 483 g/mol. The van der Waals surface area contributed by atoms with E-state index in [0.717, 1.165) is 16.8 Å². The van der Waals surface area contributed by atoms with Gasteiger partial charge in [-0.15, -0.1) is 16.8 Å². The van der Waals surface area contributed by atoms with Crippen LogP contribution in [0.3, 0.4) is 0 Å². The summed E-state index contributed by atoms with van der Waals surface area (Å²) < 4.78 is 1.84. The number of thioether (sulfide) groups is 1. The summed E-state index contributed by atoms with van der Waals surface area (Å²) in [6.07, 6.45) is 1.72. The van der Waals surface area contributed by atoms with Gasteiger partial charge in [-0.2, -0.15) is 0 Å². The van der Waals surface area contributed by atoms with Crippen LogP contribution in [-0.2, 0) is 11.3 Å². The number of aryl methyl sites for hydroxylation is 1. The Balaban J connectivity index is 1.68. The lowest BCUT2D eigenvalue weighted by Gasteiger charge is -2.15. The lowest BCUT2D eigenvalue weighted by atomic mass is 10.1. The zero-order valence-corrected chi connectivity index (χ0v) is 20.3. The number of aromatic nitrogens is 3. The molecule has 0 aliphatic rings. The molecule has 0 spiro atoms. The Morgan fingerprint density at radius 2 is 1.97 bits per heavy atom. The fourth-order valence-electron chi connectivity index (χ4n) is 3.20. The number of rotatable bonds is 9. The largest absolute Gasteiger partial charge is 0.342 e.